The molecule has 0 fully saturated rings. The Morgan fingerprint density at radius 1 is 1.19 bits per heavy atom. The normalized spacial score (nSPS) is 12.2. The van der Waals surface area contributed by atoms with Gasteiger partial charge in [0, 0.05) is 6.54 Å². The number of nitrogens with one attached hydrogen (secondary N) is 1. The van der Waals surface area contributed by atoms with Crippen LogP contribution in [0.4, 0.5) is 0 Å². The summed E-state index contributed by atoms with van der Waals surface area (Å²) in [7, 11) is 0. The molecule has 0 saturated carbocycles. The Labute approximate surface area is 190 Å². The van der Waals surface area contributed by atoms with E-state index in [1.807, 2.05) is 35.6 Å². The van der Waals surface area contributed by atoms with E-state index in [-0.39, 0.29) is 23.3 Å². The second-order valence-corrected chi connectivity index (χ2v) is 8.70. The van der Waals surface area contributed by atoms with Gasteiger partial charge in [0.15, 0.2) is 5.16 Å². The minimum atomic E-state index is -0.142. The van der Waals surface area contributed by atoms with Gasteiger partial charge in [-0.2, -0.15) is 0 Å². The first-order valence-electron chi connectivity index (χ1n) is 10.4. The molecule has 1 amide bonds. The number of rotatable bonds is 7. The zero-order valence-electron chi connectivity index (χ0n) is 18.3. The summed E-state index contributed by atoms with van der Waals surface area (Å²) in [6.45, 7) is 10.2. The Balaban J connectivity index is 1.58. The molecule has 164 valence electrons. The first kappa shape index (κ1) is 21.8. The van der Waals surface area contributed by atoms with E-state index >= 15 is 0 Å². The van der Waals surface area contributed by atoms with Crippen molar-refractivity contribution in [1.82, 2.24) is 24.5 Å². The third kappa shape index (κ3) is 4.05. The molecule has 32 heavy (non-hydrogen) atoms. The van der Waals surface area contributed by atoms with Crippen LogP contribution in [0.5, 0.6) is 0 Å². The average molecular weight is 448 g/mol. The fourth-order valence-electron chi connectivity index (χ4n) is 3.65. The lowest BCUT2D eigenvalue weighted by Crippen LogP contribution is -2.28. The highest BCUT2D eigenvalue weighted by atomic mass is 32.2. The molecule has 1 N–H and O–H groups in total. The molecule has 4 rings (SSSR count). The largest absolute Gasteiger partial charge is 0.349 e. The third-order valence-corrected chi connectivity index (χ3v) is 6.46. The number of allylic oxidation sites excluding steroid dienone is 1. The van der Waals surface area contributed by atoms with E-state index in [0.717, 1.165) is 5.56 Å². The van der Waals surface area contributed by atoms with Gasteiger partial charge in [-0.3, -0.25) is 18.6 Å². The SMILES string of the molecule is C=CCn1c(=O)c2ccccc2n2c(SCC(=O)NC(C)c3ccc(C)c(C)c3)nnc12. The number of aromatic nitrogens is 4. The van der Waals surface area contributed by atoms with Gasteiger partial charge in [0.2, 0.25) is 11.7 Å². The molecule has 2 aromatic heterocycles. The maximum Gasteiger partial charge on any atom is 0.263 e. The van der Waals surface area contributed by atoms with Crippen LogP contribution in [0.3, 0.4) is 0 Å². The molecule has 7 nitrogen and oxygen atoms in total. The van der Waals surface area contributed by atoms with Gasteiger partial charge in [-0.25, -0.2) is 0 Å². The van der Waals surface area contributed by atoms with Gasteiger partial charge < -0.3 is 5.32 Å². The number of fused-ring (bicyclic) bond motifs is 3. The first-order valence-corrected chi connectivity index (χ1v) is 11.4. The van der Waals surface area contributed by atoms with Gasteiger partial charge in [-0.15, -0.1) is 16.8 Å². The van der Waals surface area contributed by atoms with Gasteiger partial charge in [-0.1, -0.05) is 48.2 Å². The molecule has 0 aliphatic rings. The first-order chi connectivity index (χ1) is 15.4. The highest BCUT2D eigenvalue weighted by Crippen LogP contribution is 2.22. The van der Waals surface area contributed by atoms with Crippen LogP contribution in [0.25, 0.3) is 16.7 Å². The van der Waals surface area contributed by atoms with E-state index in [4.69, 9.17) is 0 Å². The zero-order chi connectivity index (χ0) is 22.8. The minimum Gasteiger partial charge on any atom is -0.349 e. The summed E-state index contributed by atoms with van der Waals surface area (Å²) in [5, 5.41) is 12.7. The molecule has 2 heterocycles. The second-order valence-electron chi connectivity index (χ2n) is 7.76. The number of nitrogens with zero attached hydrogens (tertiary/aromatic N) is 4. The fourth-order valence-corrected chi connectivity index (χ4v) is 4.40. The number of benzene rings is 2. The lowest BCUT2D eigenvalue weighted by atomic mass is 10.0. The maximum absolute atomic E-state index is 12.9. The molecule has 8 heteroatoms. The molecule has 4 aromatic rings. The molecular formula is C24H25N5O2S. The van der Waals surface area contributed by atoms with Gasteiger partial charge >= 0.3 is 0 Å². The van der Waals surface area contributed by atoms with Crippen molar-refractivity contribution in [3.05, 3.63) is 82.2 Å². The van der Waals surface area contributed by atoms with Crippen LogP contribution in [0.15, 0.2) is 65.1 Å². The summed E-state index contributed by atoms with van der Waals surface area (Å²) in [5.74, 6) is 0.520. The number of carbonyl (C=O) groups excluding carboxylic acids is 1. The summed E-state index contributed by atoms with van der Waals surface area (Å²) in [4.78, 5) is 25.5. The molecule has 0 bridgehead atoms. The molecule has 1 unspecified atom stereocenters. The van der Waals surface area contributed by atoms with Gasteiger partial charge in [0.1, 0.15) is 0 Å². The Morgan fingerprint density at radius 2 is 1.97 bits per heavy atom. The van der Waals surface area contributed by atoms with Crippen LogP contribution in [-0.4, -0.2) is 30.8 Å². The lowest BCUT2D eigenvalue weighted by molar-refractivity contribution is -0.119. The number of carbonyl (C=O) groups is 1. The highest BCUT2D eigenvalue weighted by Gasteiger charge is 2.18. The quantitative estimate of drug-likeness (QED) is 0.344. The van der Waals surface area contributed by atoms with E-state index in [2.05, 4.69) is 48.1 Å². The smallest absolute Gasteiger partial charge is 0.263 e. The molecule has 0 spiro atoms. The number of para-hydroxylation sites is 1. The van der Waals surface area contributed by atoms with Gasteiger partial charge in [-0.05, 0) is 49.6 Å². The van der Waals surface area contributed by atoms with Crippen LogP contribution in [0, 0.1) is 13.8 Å². The van der Waals surface area contributed by atoms with Crippen LogP contribution in [0.2, 0.25) is 0 Å². The number of hydrogen-bond acceptors (Lipinski definition) is 5. The van der Waals surface area contributed by atoms with Crippen molar-refractivity contribution in [2.75, 3.05) is 5.75 Å². The van der Waals surface area contributed by atoms with Crippen LogP contribution < -0.4 is 10.9 Å². The molecule has 1 atom stereocenters. The van der Waals surface area contributed by atoms with Crippen molar-refractivity contribution < 1.29 is 4.79 Å². The topological polar surface area (TPSA) is 81.3 Å². The fraction of sp³-hybridized carbons (Fsp3) is 0.250. The zero-order valence-corrected chi connectivity index (χ0v) is 19.1. The van der Waals surface area contributed by atoms with E-state index in [9.17, 15) is 9.59 Å². The van der Waals surface area contributed by atoms with E-state index < -0.39 is 0 Å². The molecular weight excluding hydrogens is 422 g/mol. The van der Waals surface area contributed by atoms with E-state index in [1.54, 1.807) is 12.1 Å². The standard InChI is InChI=1S/C24H25N5O2S/c1-5-12-28-22(31)19-8-6-7-9-20(19)29-23(28)26-27-24(29)32-14-21(30)25-17(4)18-11-10-15(2)16(3)13-18/h5-11,13,17H,1,12,14H2,2-4H3,(H,25,30). The predicted octanol–water partition coefficient (Wildman–Crippen LogP) is 3.82. The van der Waals surface area contributed by atoms with Crippen LogP contribution >= 0.6 is 11.8 Å². The summed E-state index contributed by atoms with van der Waals surface area (Å²) in [6.07, 6.45) is 1.65. The van der Waals surface area contributed by atoms with Crippen molar-refractivity contribution in [3.63, 3.8) is 0 Å². The lowest BCUT2D eigenvalue weighted by Gasteiger charge is -2.15. The van der Waals surface area contributed by atoms with Crippen molar-refractivity contribution in [2.45, 2.75) is 38.5 Å². The van der Waals surface area contributed by atoms with Crippen molar-refractivity contribution in [2.24, 2.45) is 0 Å². The Morgan fingerprint density at radius 3 is 2.72 bits per heavy atom. The molecule has 0 radical (unpaired) electrons. The van der Waals surface area contributed by atoms with Gasteiger partial charge in [0.05, 0.1) is 22.7 Å². The summed E-state index contributed by atoms with van der Waals surface area (Å²) in [6, 6.07) is 13.4. The molecule has 0 aliphatic carbocycles. The third-order valence-electron chi connectivity index (χ3n) is 5.53. The number of aryl methyl sites for hydroxylation is 2. The monoisotopic (exact) mass is 447 g/mol. The maximum atomic E-state index is 12.9. The average Bonchev–Trinajstić information content (AvgIpc) is 3.21. The van der Waals surface area contributed by atoms with Crippen molar-refractivity contribution in [1.29, 1.82) is 0 Å². The van der Waals surface area contributed by atoms with Crippen LogP contribution in [-0.2, 0) is 11.3 Å². The summed E-state index contributed by atoms with van der Waals surface area (Å²) in [5.41, 5.74) is 4.06. The number of amides is 1. The Kier molecular flexibility index (Phi) is 6.14. The minimum absolute atomic E-state index is 0.0961. The number of thioether (sulfide) groups is 1. The van der Waals surface area contributed by atoms with E-state index in [0.29, 0.717) is 28.4 Å². The number of hydrogen-bond donors (Lipinski definition) is 1. The van der Waals surface area contributed by atoms with Gasteiger partial charge in [0.25, 0.3) is 5.56 Å². The van der Waals surface area contributed by atoms with E-state index in [1.165, 1.54) is 27.5 Å². The molecule has 0 saturated heterocycles. The van der Waals surface area contributed by atoms with Crippen molar-refractivity contribution >= 4 is 34.3 Å². The highest BCUT2D eigenvalue weighted by molar-refractivity contribution is 7.99. The Hall–Kier alpha value is -3.39. The predicted molar refractivity (Wildman–Crippen MR) is 128 cm³/mol. The Bertz CT molecular complexity index is 1390. The molecule has 0 aliphatic heterocycles. The summed E-state index contributed by atoms with van der Waals surface area (Å²) >= 11 is 1.29. The van der Waals surface area contributed by atoms with Crippen molar-refractivity contribution in [3.8, 4) is 0 Å². The summed E-state index contributed by atoms with van der Waals surface area (Å²) < 4.78 is 3.36. The van der Waals surface area contributed by atoms with Crippen LogP contribution in [0.1, 0.15) is 29.7 Å². The molecule has 2 aromatic carbocycles. The second kappa shape index (κ2) is 9.00.